The second-order valence-electron chi connectivity index (χ2n) is 5.24. The van der Waals surface area contributed by atoms with Gasteiger partial charge in [-0.2, -0.15) is 0 Å². The maximum atomic E-state index is 12.1. The number of methoxy groups -OCH3 is 1. The van der Waals surface area contributed by atoms with Crippen molar-refractivity contribution in [2.24, 2.45) is 0 Å². The zero-order valence-corrected chi connectivity index (χ0v) is 16.1. The Labute approximate surface area is 162 Å². The summed E-state index contributed by atoms with van der Waals surface area (Å²) < 4.78 is 10.8. The van der Waals surface area contributed by atoms with Crippen LogP contribution in [0.5, 0.6) is 11.5 Å². The fraction of sp³-hybridized carbons (Fsp3) is 0.278. The SMILES string of the molecule is CCOc1c(Cl)cc(CNC(=O)Cc2ccc(Cl)c(Cl)c2)cc1OC. The topological polar surface area (TPSA) is 47.6 Å². The van der Waals surface area contributed by atoms with Crippen molar-refractivity contribution < 1.29 is 14.3 Å². The van der Waals surface area contributed by atoms with Crippen LogP contribution in [0.25, 0.3) is 0 Å². The Morgan fingerprint density at radius 3 is 2.40 bits per heavy atom. The summed E-state index contributed by atoms with van der Waals surface area (Å²) in [4.78, 5) is 12.1. The van der Waals surface area contributed by atoms with Gasteiger partial charge in [0.05, 0.1) is 35.2 Å². The van der Waals surface area contributed by atoms with Gasteiger partial charge in [-0.1, -0.05) is 40.9 Å². The van der Waals surface area contributed by atoms with E-state index in [2.05, 4.69) is 5.32 Å². The smallest absolute Gasteiger partial charge is 0.224 e. The number of rotatable bonds is 7. The van der Waals surface area contributed by atoms with Crippen LogP contribution in [0.15, 0.2) is 30.3 Å². The van der Waals surface area contributed by atoms with E-state index >= 15 is 0 Å². The van der Waals surface area contributed by atoms with E-state index < -0.39 is 0 Å². The molecule has 0 aromatic heterocycles. The maximum absolute atomic E-state index is 12.1. The van der Waals surface area contributed by atoms with E-state index in [0.29, 0.717) is 39.7 Å². The minimum absolute atomic E-state index is 0.137. The first-order valence-corrected chi connectivity index (χ1v) is 8.77. The molecule has 4 nitrogen and oxygen atoms in total. The summed E-state index contributed by atoms with van der Waals surface area (Å²) in [5.74, 6) is 0.892. The van der Waals surface area contributed by atoms with Crippen molar-refractivity contribution in [1.29, 1.82) is 0 Å². The Morgan fingerprint density at radius 1 is 1.04 bits per heavy atom. The fourth-order valence-electron chi connectivity index (χ4n) is 2.26. The van der Waals surface area contributed by atoms with Gasteiger partial charge >= 0.3 is 0 Å². The molecule has 0 saturated heterocycles. The first-order valence-electron chi connectivity index (χ1n) is 7.64. The van der Waals surface area contributed by atoms with Crippen LogP contribution in [0, 0.1) is 0 Å². The minimum atomic E-state index is -0.137. The van der Waals surface area contributed by atoms with Gasteiger partial charge in [-0.05, 0) is 42.3 Å². The summed E-state index contributed by atoms with van der Waals surface area (Å²) in [6.45, 7) is 2.67. The van der Waals surface area contributed by atoms with Gasteiger partial charge in [-0.3, -0.25) is 4.79 Å². The van der Waals surface area contributed by atoms with Gasteiger partial charge in [-0.25, -0.2) is 0 Å². The zero-order valence-electron chi connectivity index (χ0n) is 13.9. The first kappa shape index (κ1) is 19.7. The van der Waals surface area contributed by atoms with Gasteiger partial charge < -0.3 is 14.8 Å². The lowest BCUT2D eigenvalue weighted by molar-refractivity contribution is -0.120. The number of nitrogens with one attached hydrogen (secondary N) is 1. The standard InChI is InChI=1S/C18H18Cl3NO3/c1-3-25-18-15(21)7-12(8-16(18)24-2)10-22-17(23)9-11-4-5-13(19)14(20)6-11/h4-8H,3,9-10H2,1-2H3,(H,22,23). The molecule has 25 heavy (non-hydrogen) atoms. The van der Waals surface area contributed by atoms with E-state index in [4.69, 9.17) is 44.3 Å². The van der Waals surface area contributed by atoms with E-state index in [9.17, 15) is 4.79 Å². The molecule has 2 aromatic carbocycles. The predicted molar refractivity (Wildman–Crippen MR) is 101 cm³/mol. The molecule has 0 aliphatic rings. The van der Waals surface area contributed by atoms with Crippen molar-refractivity contribution in [1.82, 2.24) is 5.32 Å². The van der Waals surface area contributed by atoms with Crippen LogP contribution >= 0.6 is 34.8 Å². The molecule has 0 radical (unpaired) electrons. The molecule has 0 heterocycles. The number of halogens is 3. The van der Waals surface area contributed by atoms with E-state index in [1.165, 1.54) is 0 Å². The number of hydrogen-bond acceptors (Lipinski definition) is 3. The van der Waals surface area contributed by atoms with Gasteiger partial charge in [0.2, 0.25) is 5.91 Å². The second kappa shape index (κ2) is 9.18. The Hall–Kier alpha value is -1.62. The summed E-state index contributed by atoms with van der Waals surface area (Å²) in [6.07, 6.45) is 0.207. The van der Waals surface area contributed by atoms with Gasteiger partial charge in [0.15, 0.2) is 11.5 Å². The molecule has 0 aliphatic carbocycles. The number of benzene rings is 2. The van der Waals surface area contributed by atoms with Crippen molar-refractivity contribution >= 4 is 40.7 Å². The maximum Gasteiger partial charge on any atom is 0.224 e. The molecular weight excluding hydrogens is 385 g/mol. The molecule has 0 bridgehead atoms. The number of carbonyl (C=O) groups is 1. The van der Waals surface area contributed by atoms with E-state index in [-0.39, 0.29) is 12.3 Å². The predicted octanol–water partition coefficient (Wildman–Crippen LogP) is 4.91. The van der Waals surface area contributed by atoms with Crippen LogP contribution in [-0.4, -0.2) is 19.6 Å². The van der Waals surface area contributed by atoms with Crippen LogP contribution in [-0.2, 0) is 17.8 Å². The molecule has 134 valence electrons. The highest BCUT2D eigenvalue weighted by atomic mass is 35.5. The minimum Gasteiger partial charge on any atom is -0.493 e. The fourth-order valence-corrected chi connectivity index (χ4v) is 2.87. The van der Waals surface area contributed by atoms with E-state index in [1.54, 1.807) is 37.4 Å². The highest BCUT2D eigenvalue weighted by Crippen LogP contribution is 2.36. The number of hydrogen-bond donors (Lipinski definition) is 1. The molecular formula is C18H18Cl3NO3. The molecule has 0 saturated carbocycles. The second-order valence-corrected chi connectivity index (χ2v) is 6.47. The highest BCUT2D eigenvalue weighted by molar-refractivity contribution is 6.42. The molecule has 0 unspecified atom stereocenters. The third-order valence-electron chi connectivity index (χ3n) is 3.42. The average Bonchev–Trinajstić information content (AvgIpc) is 2.58. The lowest BCUT2D eigenvalue weighted by Crippen LogP contribution is -2.24. The number of ether oxygens (including phenoxy) is 2. The van der Waals surface area contributed by atoms with E-state index in [0.717, 1.165) is 11.1 Å². The highest BCUT2D eigenvalue weighted by Gasteiger charge is 2.12. The summed E-state index contributed by atoms with van der Waals surface area (Å²) in [5.41, 5.74) is 1.60. The van der Waals surface area contributed by atoms with E-state index in [1.807, 2.05) is 6.92 Å². The van der Waals surface area contributed by atoms with Crippen LogP contribution < -0.4 is 14.8 Å². The Kier molecular flexibility index (Phi) is 7.24. The molecule has 0 spiro atoms. The third-order valence-corrected chi connectivity index (χ3v) is 4.44. The summed E-state index contributed by atoms with van der Waals surface area (Å²) >= 11 is 18.1. The zero-order chi connectivity index (χ0) is 18.4. The van der Waals surface area contributed by atoms with Crippen molar-refractivity contribution in [3.8, 4) is 11.5 Å². The molecule has 1 amide bonds. The molecule has 2 aromatic rings. The lowest BCUT2D eigenvalue weighted by atomic mass is 10.1. The van der Waals surface area contributed by atoms with Crippen LogP contribution in [0.1, 0.15) is 18.1 Å². The van der Waals surface area contributed by atoms with Crippen LogP contribution in [0.3, 0.4) is 0 Å². The van der Waals surface area contributed by atoms with Crippen molar-refractivity contribution in [2.75, 3.05) is 13.7 Å². The Balaban J connectivity index is 2.01. The quantitative estimate of drug-likeness (QED) is 0.715. The molecule has 0 aliphatic heterocycles. The first-order chi connectivity index (χ1) is 11.9. The van der Waals surface area contributed by atoms with Crippen molar-refractivity contribution in [3.63, 3.8) is 0 Å². The van der Waals surface area contributed by atoms with Gasteiger partial charge in [0.25, 0.3) is 0 Å². The molecule has 1 N–H and O–H groups in total. The van der Waals surface area contributed by atoms with Crippen LogP contribution in [0.2, 0.25) is 15.1 Å². The largest absolute Gasteiger partial charge is 0.493 e. The Morgan fingerprint density at radius 2 is 1.76 bits per heavy atom. The van der Waals surface area contributed by atoms with Crippen molar-refractivity contribution in [2.45, 2.75) is 19.9 Å². The van der Waals surface area contributed by atoms with Gasteiger partial charge in [0, 0.05) is 6.54 Å². The number of amides is 1. The molecule has 7 heteroatoms. The molecule has 0 atom stereocenters. The summed E-state index contributed by atoms with van der Waals surface area (Å²) in [6, 6.07) is 8.65. The van der Waals surface area contributed by atoms with Gasteiger partial charge in [-0.15, -0.1) is 0 Å². The number of carbonyl (C=O) groups excluding carboxylic acids is 1. The summed E-state index contributed by atoms with van der Waals surface area (Å²) in [7, 11) is 1.54. The lowest BCUT2D eigenvalue weighted by Gasteiger charge is -2.13. The van der Waals surface area contributed by atoms with Gasteiger partial charge in [0.1, 0.15) is 0 Å². The van der Waals surface area contributed by atoms with Crippen LogP contribution in [0.4, 0.5) is 0 Å². The molecule has 0 fully saturated rings. The third kappa shape index (κ3) is 5.43. The average molecular weight is 403 g/mol. The van der Waals surface area contributed by atoms with Crippen molar-refractivity contribution in [3.05, 3.63) is 56.5 Å². The Bertz CT molecular complexity index is 765. The molecule has 2 rings (SSSR count). The normalized spacial score (nSPS) is 10.4. The monoisotopic (exact) mass is 401 g/mol. The summed E-state index contributed by atoms with van der Waals surface area (Å²) in [5, 5.41) is 4.17.